The minimum Gasteiger partial charge on any atom is -0.496 e. The lowest BCUT2D eigenvalue weighted by atomic mass is 10.1. The van der Waals surface area contributed by atoms with E-state index in [2.05, 4.69) is 17.9 Å². The summed E-state index contributed by atoms with van der Waals surface area (Å²) >= 11 is 9.65. The molecule has 0 fully saturated rings. The van der Waals surface area contributed by atoms with E-state index in [4.69, 9.17) is 16.3 Å². The van der Waals surface area contributed by atoms with Gasteiger partial charge in [0.05, 0.1) is 7.11 Å². The summed E-state index contributed by atoms with van der Waals surface area (Å²) in [4.78, 5) is 10.6. The number of hydrogen-bond acceptors (Lipinski definition) is 2. The van der Waals surface area contributed by atoms with Gasteiger partial charge in [-0.05, 0) is 36.6 Å². The van der Waals surface area contributed by atoms with Crippen molar-refractivity contribution in [3.63, 3.8) is 0 Å². The van der Waals surface area contributed by atoms with Gasteiger partial charge in [-0.3, -0.25) is 4.79 Å². The molecule has 0 aliphatic rings. The number of amides is 1. The first-order chi connectivity index (χ1) is 7.54. The molecule has 5 heteroatoms. The molecule has 0 saturated carbocycles. The van der Waals surface area contributed by atoms with Crippen LogP contribution in [0.4, 0.5) is 4.79 Å². The van der Waals surface area contributed by atoms with Gasteiger partial charge in [0, 0.05) is 11.6 Å². The molecule has 0 atom stereocenters. The Morgan fingerprint density at radius 1 is 1.56 bits per heavy atom. The number of thiol groups is 1. The van der Waals surface area contributed by atoms with Crippen LogP contribution in [0.15, 0.2) is 12.1 Å². The predicted octanol–water partition coefficient (Wildman–Crippen LogP) is 2.84. The van der Waals surface area contributed by atoms with Gasteiger partial charge in [0.2, 0.25) is 0 Å². The Kier molecular flexibility index (Phi) is 4.96. The van der Waals surface area contributed by atoms with Gasteiger partial charge >= 0.3 is 0 Å². The fourth-order valence-corrected chi connectivity index (χ4v) is 1.68. The fourth-order valence-electron chi connectivity index (χ4n) is 1.39. The van der Waals surface area contributed by atoms with E-state index >= 15 is 0 Å². The van der Waals surface area contributed by atoms with Crippen molar-refractivity contribution in [1.82, 2.24) is 5.32 Å². The second kappa shape index (κ2) is 6.01. The third-order valence-corrected chi connectivity index (χ3v) is 2.80. The summed E-state index contributed by atoms with van der Waals surface area (Å²) in [6.45, 7) is 2.43. The normalized spacial score (nSPS) is 10.0. The number of carbonyl (C=O) groups excluding carboxylic acids is 1. The van der Waals surface area contributed by atoms with Crippen molar-refractivity contribution in [2.24, 2.45) is 0 Å². The lowest BCUT2D eigenvalue weighted by Crippen LogP contribution is -2.19. The molecule has 16 heavy (non-hydrogen) atoms. The van der Waals surface area contributed by atoms with E-state index in [1.165, 1.54) is 0 Å². The first-order valence-electron chi connectivity index (χ1n) is 4.84. The molecular weight excluding hydrogens is 246 g/mol. The Balaban J connectivity index is 2.77. The van der Waals surface area contributed by atoms with E-state index < -0.39 is 0 Å². The number of ether oxygens (including phenoxy) is 1. The van der Waals surface area contributed by atoms with Crippen LogP contribution >= 0.6 is 24.2 Å². The van der Waals surface area contributed by atoms with Crippen LogP contribution in [0.25, 0.3) is 0 Å². The van der Waals surface area contributed by atoms with Crippen molar-refractivity contribution in [2.75, 3.05) is 13.7 Å². The zero-order valence-electron chi connectivity index (χ0n) is 9.21. The topological polar surface area (TPSA) is 38.3 Å². The van der Waals surface area contributed by atoms with Crippen LogP contribution in [0.5, 0.6) is 5.75 Å². The summed E-state index contributed by atoms with van der Waals surface area (Å²) in [6, 6.07) is 3.75. The van der Waals surface area contributed by atoms with Crippen molar-refractivity contribution in [3.05, 3.63) is 28.3 Å². The summed E-state index contributed by atoms with van der Waals surface area (Å²) in [7, 11) is 1.61. The molecule has 1 rings (SSSR count). The SMILES string of the molecule is COc1cc(C)c(Cl)cc1CCNC(=O)S. The molecule has 1 amide bonds. The molecule has 1 N–H and O–H groups in total. The largest absolute Gasteiger partial charge is 0.496 e. The number of nitrogens with one attached hydrogen (secondary N) is 1. The third-order valence-electron chi connectivity index (χ3n) is 2.23. The van der Waals surface area contributed by atoms with Crippen LogP contribution in [-0.2, 0) is 6.42 Å². The van der Waals surface area contributed by atoms with Crippen molar-refractivity contribution in [2.45, 2.75) is 13.3 Å². The molecule has 1 aromatic carbocycles. The Bertz CT molecular complexity index is 396. The maximum atomic E-state index is 10.6. The zero-order chi connectivity index (χ0) is 12.1. The number of halogens is 1. The zero-order valence-corrected chi connectivity index (χ0v) is 10.9. The Morgan fingerprint density at radius 3 is 2.81 bits per heavy atom. The van der Waals surface area contributed by atoms with Crippen LogP contribution in [0.3, 0.4) is 0 Å². The summed E-state index contributed by atoms with van der Waals surface area (Å²) in [6.07, 6.45) is 0.662. The van der Waals surface area contributed by atoms with Gasteiger partial charge in [-0.1, -0.05) is 24.2 Å². The molecule has 0 bridgehead atoms. The molecule has 1 aromatic rings. The number of hydrogen-bond donors (Lipinski definition) is 2. The van der Waals surface area contributed by atoms with Gasteiger partial charge < -0.3 is 10.1 Å². The fraction of sp³-hybridized carbons (Fsp3) is 0.364. The lowest BCUT2D eigenvalue weighted by molar-refractivity contribution is 0.261. The Labute approximate surface area is 106 Å². The second-order valence-electron chi connectivity index (χ2n) is 3.40. The van der Waals surface area contributed by atoms with Crippen LogP contribution in [0.1, 0.15) is 11.1 Å². The molecular formula is C11H14ClNO2S. The third kappa shape index (κ3) is 3.61. The molecule has 0 heterocycles. The maximum absolute atomic E-state index is 10.6. The molecule has 0 saturated heterocycles. The molecule has 0 aliphatic carbocycles. The van der Waals surface area contributed by atoms with E-state index in [1.807, 2.05) is 19.1 Å². The lowest BCUT2D eigenvalue weighted by Gasteiger charge is -2.11. The van der Waals surface area contributed by atoms with Gasteiger partial charge in [0.15, 0.2) is 0 Å². The Morgan fingerprint density at radius 2 is 2.25 bits per heavy atom. The summed E-state index contributed by atoms with van der Waals surface area (Å²) in [5.41, 5.74) is 1.95. The average molecular weight is 260 g/mol. The van der Waals surface area contributed by atoms with E-state index in [1.54, 1.807) is 7.11 Å². The van der Waals surface area contributed by atoms with Crippen LogP contribution in [0, 0.1) is 6.92 Å². The van der Waals surface area contributed by atoms with Gasteiger partial charge in [0.25, 0.3) is 5.24 Å². The number of rotatable bonds is 4. The number of carbonyl (C=O) groups is 1. The van der Waals surface area contributed by atoms with Crippen molar-refractivity contribution in [1.29, 1.82) is 0 Å². The summed E-state index contributed by atoms with van der Waals surface area (Å²) < 4.78 is 5.25. The van der Waals surface area contributed by atoms with E-state index in [9.17, 15) is 4.79 Å². The highest BCUT2D eigenvalue weighted by atomic mass is 35.5. The molecule has 3 nitrogen and oxygen atoms in total. The minimum atomic E-state index is -0.336. The summed E-state index contributed by atoms with van der Waals surface area (Å²) in [5.74, 6) is 0.787. The summed E-state index contributed by atoms with van der Waals surface area (Å²) in [5, 5.41) is 2.97. The standard InChI is InChI=1S/C11H14ClNO2S/c1-7-5-10(15-2)8(6-9(7)12)3-4-13-11(14)16/h5-6H,3-4H2,1-2H3,(H2,13,14,16). The Hall–Kier alpha value is -0.870. The monoisotopic (exact) mass is 259 g/mol. The van der Waals surface area contributed by atoms with Crippen LogP contribution < -0.4 is 10.1 Å². The van der Waals surface area contributed by atoms with Crippen molar-refractivity contribution in [3.8, 4) is 5.75 Å². The van der Waals surface area contributed by atoms with Gasteiger partial charge in [-0.25, -0.2) is 0 Å². The quantitative estimate of drug-likeness (QED) is 0.816. The number of aryl methyl sites for hydroxylation is 1. The maximum Gasteiger partial charge on any atom is 0.275 e. The van der Waals surface area contributed by atoms with Gasteiger partial charge in [-0.15, -0.1) is 0 Å². The first-order valence-corrected chi connectivity index (χ1v) is 5.67. The van der Waals surface area contributed by atoms with Crippen LogP contribution in [-0.4, -0.2) is 18.9 Å². The second-order valence-corrected chi connectivity index (χ2v) is 4.21. The average Bonchev–Trinajstić information content (AvgIpc) is 2.22. The highest BCUT2D eigenvalue weighted by Gasteiger charge is 2.06. The van der Waals surface area contributed by atoms with Crippen molar-refractivity contribution >= 4 is 29.5 Å². The van der Waals surface area contributed by atoms with E-state index in [0.29, 0.717) is 18.0 Å². The number of benzene rings is 1. The van der Waals surface area contributed by atoms with Gasteiger partial charge in [0.1, 0.15) is 5.75 Å². The first kappa shape index (κ1) is 13.2. The molecule has 0 aliphatic heterocycles. The van der Waals surface area contributed by atoms with Crippen molar-refractivity contribution < 1.29 is 9.53 Å². The molecule has 0 unspecified atom stereocenters. The van der Waals surface area contributed by atoms with Crippen LogP contribution in [0.2, 0.25) is 5.02 Å². The number of methoxy groups -OCH3 is 1. The minimum absolute atomic E-state index is 0.336. The molecule has 0 radical (unpaired) electrons. The predicted molar refractivity (Wildman–Crippen MR) is 68.8 cm³/mol. The van der Waals surface area contributed by atoms with E-state index in [-0.39, 0.29) is 5.24 Å². The highest BCUT2D eigenvalue weighted by molar-refractivity contribution is 7.96. The molecule has 0 spiro atoms. The smallest absolute Gasteiger partial charge is 0.275 e. The molecule has 88 valence electrons. The van der Waals surface area contributed by atoms with E-state index in [0.717, 1.165) is 16.9 Å². The highest BCUT2D eigenvalue weighted by Crippen LogP contribution is 2.26. The molecule has 0 aromatic heterocycles. The van der Waals surface area contributed by atoms with Gasteiger partial charge in [-0.2, -0.15) is 0 Å².